The van der Waals surface area contributed by atoms with Gasteiger partial charge in [0.05, 0.1) is 24.0 Å². The average Bonchev–Trinajstić information content (AvgIpc) is 3.45. The van der Waals surface area contributed by atoms with Gasteiger partial charge in [0.25, 0.3) is 5.91 Å². The molecule has 0 aliphatic heterocycles. The van der Waals surface area contributed by atoms with Gasteiger partial charge in [0.15, 0.2) is 5.82 Å². The van der Waals surface area contributed by atoms with E-state index in [1.54, 1.807) is 42.5 Å². The first kappa shape index (κ1) is 21.2. The number of esters is 1. The Labute approximate surface area is 189 Å². The summed E-state index contributed by atoms with van der Waals surface area (Å²) < 4.78 is 5.30. The molecule has 0 radical (unpaired) electrons. The highest BCUT2D eigenvalue weighted by Gasteiger charge is 2.17. The number of nitrogens with one attached hydrogen (secondary N) is 4. The second-order valence-electron chi connectivity index (χ2n) is 6.65. The summed E-state index contributed by atoms with van der Waals surface area (Å²) in [7, 11) is 1.21. The van der Waals surface area contributed by atoms with E-state index in [1.807, 2.05) is 0 Å². The van der Waals surface area contributed by atoms with Crippen LogP contribution in [0.25, 0.3) is 22.3 Å². The van der Waals surface area contributed by atoms with Crippen molar-refractivity contribution in [2.75, 3.05) is 17.7 Å². The van der Waals surface area contributed by atoms with Crippen LogP contribution >= 0.6 is 15.9 Å². The molecule has 0 atom stereocenters. The number of nitrogens with zero attached hydrogens (tertiary/aromatic N) is 3. The van der Waals surface area contributed by atoms with Crippen molar-refractivity contribution in [3.63, 3.8) is 0 Å². The molecule has 2 amide bonds. The molecular formula is C20H16BrN7O4. The van der Waals surface area contributed by atoms with Gasteiger partial charge in [-0.05, 0) is 40.8 Å². The average molecular weight is 498 g/mol. The minimum Gasteiger partial charge on any atom is -0.469 e. The van der Waals surface area contributed by atoms with E-state index in [9.17, 15) is 14.4 Å². The zero-order chi connectivity index (χ0) is 22.7. The zero-order valence-electron chi connectivity index (χ0n) is 16.6. The second-order valence-corrected chi connectivity index (χ2v) is 7.56. The molecule has 2 aromatic heterocycles. The van der Waals surface area contributed by atoms with Gasteiger partial charge in [-0.15, -0.1) is 5.10 Å². The van der Waals surface area contributed by atoms with Crippen molar-refractivity contribution in [1.82, 2.24) is 25.6 Å². The number of benzene rings is 2. The number of hydrogen-bond donors (Lipinski definition) is 4. The Morgan fingerprint density at radius 3 is 2.69 bits per heavy atom. The van der Waals surface area contributed by atoms with Crippen LogP contribution in [-0.2, 0) is 14.3 Å². The lowest BCUT2D eigenvalue weighted by atomic mass is 10.1. The molecule has 0 spiro atoms. The lowest BCUT2D eigenvalue weighted by molar-refractivity contribution is -0.142. The number of amides is 2. The molecule has 0 unspecified atom stereocenters. The molecule has 0 aliphatic carbocycles. The Bertz CT molecular complexity index is 1320. The first-order valence-corrected chi connectivity index (χ1v) is 10.1. The van der Waals surface area contributed by atoms with Crippen molar-refractivity contribution in [3.8, 4) is 11.4 Å². The number of ether oxygens (including phenoxy) is 1. The van der Waals surface area contributed by atoms with E-state index in [0.717, 1.165) is 4.47 Å². The van der Waals surface area contributed by atoms with E-state index < -0.39 is 24.2 Å². The molecular weight excluding hydrogens is 482 g/mol. The number of halogens is 1. The highest BCUT2D eigenvalue weighted by Crippen LogP contribution is 2.29. The van der Waals surface area contributed by atoms with Crippen LogP contribution in [0.3, 0.4) is 0 Å². The Morgan fingerprint density at radius 1 is 1.09 bits per heavy atom. The normalized spacial score (nSPS) is 10.7. The molecule has 0 saturated heterocycles. The van der Waals surface area contributed by atoms with E-state index in [1.165, 1.54) is 7.11 Å². The van der Waals surface area contributed by atoms with E-state index in [0.29, 0.717) is 33.7 Å². The fraction of sp³-hybridized carbons (Fsp3) is 0.100. The highest BCUT2D eigenvalue weighted by molar-refractivity contribution is 9.10. The number of para-hydroxylation sites is 1. The van der Waals surface area contributed by atoms with Gasteiger partial charge in [0.1, 0.15) is 12.1 Å². The van der Waals surface area contributed by atoms with Crippen molar-refractivity contribution in [3.05, 3.63) is 52.6 Å². The molecule has 12 heteroatoms. The molecule has 4 aromatic rings. The lowest BCUT2D eigenvalue weighted by Gasteiger charge is -2.09. The van der Waals surface area contributed by atoms with Crippen LogP contribution in [0.2, 0.25) is 0 Å². The van der Waals surface area contributed by atoms with Crippen LogP contribution in [0.5, 0.6) is 0 Å². The smallest absolute Gasteiger partial charge is 0.315 e. The van der Waals surface area contributed by atoms with Gasteiger partial charge in [0.2, 0.25) is 5.91 Å². The van der Waals surface area contributed by atoms with Crippen molar-refractivity contribution in [1.29, 1.82) is 0 Å². The van der Waals surface area contributed by atoms with E-state index in [4.69, 9.17) is 0 Å². The summed E-state index contributed by atoms with van der Waals surface area (Å²) in [6.45, 7) is 0. The van der Waals surface area contributed by atoms with Gasteiger partial charge in [-0.3, -0.25) is 14.4 Å². The van der Waals surface area contributed by atoms with Gasteiger partial charge in [0, 0.05) is 15.4 Å². The summed E-state index contributed by atoms with van der Waals surface area (Å²) in [6, 6.07) is 12.1. The number of fused-ring (bicyclic) bond motifs is 1. The Hall–Kier alpha value is -4.06. The number of aromatic nitrogens is 5. The number of rotatable bonds is 6. The first-order chi connectivity index (χ1) is 15.4. The molecule has 2 aromatic carbocycles. The Morgan fingerprint density at radius 2 is 1.94 bits per heavy atom. The third kappa shape index (κ3) is 4.49. The monoisotopic (exact) mass is 497 g/mol. The van der Waals surface area contributed by atoms with Gasteiger partial charge in [-0.2, -0.15) is 0 Å². The van der Waals surface area contributed by atoms with Gasteiger partial charge < -0.3 is 20.4 Å². The molecule has 0 aliphatic rings. The quantitative estimate of drug-likeness (QED) is 0.235. The van der Waals surface area contributed by atoms with E-state index >= 15 is 0 Å². The predicted octanol–water partition coefficient (Wildman–Crippen LogP) is 2.86. The molecule has 4 N–H and O–H groups in total. The number of hydrogen-bond acceptors (Lipinski definition) is 7. The summed E-state index contributed by atoms with van der Waals surface area (Å²) in [5.74, 6) is -1.17. The van der Waals surface area contributed by atoms with Crippen LogP contribution in [0.4, 0.5) is 11.4 Å². The number of carbonyl (C=O) groups is 3. The minimum atomic E-state index is -0.645. The van der Waals surface area contributed by atoms with E-state index in [-0.39, 0.29) is 5.69 Å². The van der Waals surface area contributed by atoms with E-state index in [2.05, 4.69) is 56.9 Å². The maximum atomic E-state index is 12.9. The molecule has 4 rings (SSSR count). The third-order valence-electron chi connectivity index (χ3n) is 4.54. The fourth-order valence-electron chi connectivity index (χ4n) is 3.06. The molecule has 11 nitrogen and oxygen atoms in total. The summed E-state index contributed by atoms with van der Waals surface area (Å²) in [5, 5.41) is 19.9. The van der Waals surface area contributed by atoms with Gasteiger partial charge in [-0.25, -0.2) is 5.10 Å². The fourth-order valence-corrected chi connectivity index (χ4v) is 3.43. The largest absolute Gasteiger partial charge is 0.469 e. The van der Waals surface area contributed by atoms with Crippen molar-refractivity contribution >= 4 is 56.0 Å². The third-order valence-corrected chi connectivity index (χ3v) is 5.03. The molecule has 2 heterocycles. The lowest BCUT2D eigenvalue weighted by Crippen LogP contribution is -2.17. The second kappa shape index (κ2) is 8.98. The topological polar surface area (TPSA) is 155 Å². The predicted molar refractivity (Wildman–Crippen MR) is 119 cm³/mol. The maximum Gasteiger partial charge on any atom is 0.315 e. The van der Waals surface area contributed by atoms with Crippen LogP contribution in [0.15, 0.2) is 46.9 Å². The molecule has 0 bridgehead atoms. The molecule has 32 heavy (non-hydrogen) atoms. The van der Waals surface area contributed by atoms with Crippen molar-refractivity contribution in [2.24, 2.45) is 0 Å². The number of tetrazole rings is 1. The zero-order valence-corrected chi connectivity index (χ0v) is 18.2. The summed E-state index contributed by atoms with van der Waals surface area (Å²) in [6.07, 6.45) is -0.413. The van der Waals surface area contributed by atoms with Crippen LogP contribution in [-0.4, -0.2) is 50.5 Å². The molecule has 0 saturated carbocycles. The number of H-pyrrole nitrogens is 2. The minimum absolute atomic E-state index is 0.277. The maximum absolute atomic E-state index is 12.9. The van der Waals surface area contributed by atoms with Crippen molar-refractivity contribution in [2.45, 2.75) is 6.42 Å². The molecule has 0 fully saturated rings. The summed E-state index contributed by atoms with van der Waals surface area (Å²) >= 11 is 3.40. The number of methoxy groups -OCH3 is 1. The Balaban J connectivity index is 1.59. The standard InChI is InChI=1S/C20H16BrN7O4/c1-32-17(30)9-16(29)22-14-4-2-3-10-7-15(23-18(10)14)20(31)24-13-6-5-11(21)8-12(13)19-25-27-28-26-19/h2-8,23H,9H2,1H3,(H,22,29)(H,24,31)(H,25,26,27,28). The summed E-state index contributed by atoms with van der Waals surface area (Å²) in [4.78, 5) is 39.3. The van der Waals surface area contributed by atoms with Crippen LogP contribution < -0.4 is 10.6 Å². The van der Waals surface area contributed by atoms with Crippen LogP contribution in [0.1, 0.15) is 16.9 Å². The highest BCUT2D eigenvalue weighted by atomic mass is 79.9. The Kier molecular flexibility index (Phi) is 5.94. The van der Waals surface area contributed by atoms with Crippen LogP contribution in [0, 0.1) is 0 Å². The number of carbonyl (C=O) groups excluding carboxylic acids is 3. The molecule has 162 valence electrons. The SMILES string of the molecule is COC(=O)CC(=O)Nc1cccc2cc(C(=O)Nc3ccc(Br)cc3-c3nnn[nH]3)[nH]c12. The number of anilines is 2. The first-order valence-electron chi connectivity index (χ1n) is 9.28. The summed E-state index contributed by atoms with van der Waals surface area (Å²) in [5.41, 5.74) is 2.37. The van der Waals surface area contributed by atoms with Crippen molar-refractivity contribution < 1.29 is 19.1 Å². The number of aromatic amines is 2. The van der Waals surface area contributed by atoms with Gasteiger partial charge >= 0.3 is 5.97 Å². The van der Waals surface area contributed by atoms with Gasteiger partial charge in [-0.1, -0.05) is 28.1 Å².